The number of anilines is 1. The maximum absolute atomic E-state index is 14.2. The molecule has 1 fully saturated rings. The molecule has 0 radical (unpaired) electrons. The van der Waals surface area contributed by atoms with E-state index < -0.39 is 24.1 Å². The average molecular weight is 321 g/mol. The molecule has 1 aromatic carbocycles. The van der Waals surface area contributed by atoms with Gasteiger partial charge in [0.05, 0.1) is 11.2 Å². The van der Waals surface area contributed by atoms with Crippen molar-refractivity contribution in [1.29, 1.82) is 0 Å². The smallest absolute Gasteiger partial charge is 0.399 e. The molecule has 0 N–H and O–H groups in total. The van der Waals surface area contributed by atoms with Crippen molar-refractivity contribution in [3.63, 3.8) is 0 Å². The minimum Gasteiger partial charge on any atom is -0.399 e. The molecule has 1 aliphatic rings. The number of hydrogen-bond donors (Lipinski definition) is 0. The zero-order chi connectivity index (χ0) is 17.8. The van der Waals surface area contributed by atoms with Gasteiger partial charge in [-0.15, -0.1) is 0 Å². The lowest BCUT2D eigenvalue weighted by atomic mass is 9.67. The van der Waals surface area contributed by atoms with Gasteiger partial charge >= 0.3 is 7.12 Å². The van der Waals surface area contributed by atoms with Crippen LogP contribution in [0.3, 0.4) is 0 Å². The first kappa shape index (κ1) is 18.3. The molecule has 8 heteroatoms. The molecule has 1 aliphatic heterocycles. The monoisotopic (exact) mass is 321 g/mol. The van der Waals surface area contributed by atoms with Crippen molar-refractivity contribution < 1.29 is 18.1 Å². The van der Waals surface area contributed by atoms with Gasteiger partial charge in [0.25, 0.3) is 0 Å². The van der Waals surface area contributed by atoms with Gasteiger partial charge in [0.15, 0.2) is 7.85 Å². The Hall–Kier alpha value is -1.01. The summed E-state index contributed by atoms with van der Waals surface area (Å²) in [6, 6.07) is 3.50. The SMILES string of the molecule is Bc1cc(N(C)C)cc(B2OC(C)(C)C(C)(C)O2)c1C(B)(F)F. The van der Waals surface area contributed by atoms with E-state index in [2.05, 4.69) is 0 Å². The van der Waals surface area contributed by atoms with Gasteiger partial charge in [0.1, 0.15) is 7.85 Å². The molecule has 0 amide bonds. The molecule has 23 heavy (non-hydrogen) atoms. The first-order valence-corrected chi connectivity index (χ1v) is 7.82. The van der Waals surface area contributed by atoms with Crippen molar-refractivity contribution in [3.8, 4) is 0 Å². The van der Waals surface area contributed by atoms with Crippen molar-refractivity contribution in [2.24, 2.45) is 0 Å². The summed E-state index contributed by atoms with van der Waals surface area (Å²) in [5.41, 5.74) is 0.634. The van der Waals surface area contributed by atoms with Gasteiger partial charge in [0, 0.05) is 25.3 Å². The Balaban J connectivity index is 2.61. The van der Waals surface area contributed by atoms with E-state index >= 15 is 0 Å². The van der Waals surface area contributed by atoms with E-state index in [-0.39, 0.29) is 5.56 Å². The molecule has 0 saturated carbocycles. The first-order chi connectivity index (χ1) is 10.3. The van der Waals surface area contributed by atoms with E-state index in [0.29, 0.717) is 10.9 Å². The predicted octanol–water partition coefficient (Wildman–Crippen LogP) is -0.00740. The minimum absolute atomic E-state index is 0.0124. The Morgan fingerprint density at radius 1 is 1.09 bits per heavy atom. The van der Waals surface area contributed by atoms with E-state index in [0.717, 1.165) is 13.5 Å². The Morgan fingerprint density at radius 2 is 1.57 bits per heavy atom. The summed E-state index contributed by atoms with van der Waals surface area (Å²) in [5.74, 6) is -2.96. The van der Waals surface area contributed by atoms with Crippen molar-refractivity contribution >= 4 is 39.4 Å². The van der Waals surface area contributed by atoms with Crippen LogP contribution in [-0.4, -0.2) is 48.1 Å². The molecule has 2 rings (SSSR count). The largest absolute Gasteiger partial charge is 0.495 e. The molecular weight excluding hydrogens is 297 g/mol. The van der Waals surface area contributed by atoms with Crippen molar-refractivity contribution in [1.82, 2.24) is 0 Å². The van der Waals surface area contributed by atoms with E-state index in [1.54, 1.807) is 20.0 Å². The molecule has 0 unspecified atom stereocenters. The molecule has 0 atom stereocenters. The number of nitrogens with zero attached hydrogens (tertiary/aromatic N) is 1. The van der Waals surface area contributed by atoms with Crippen LogP contribution in [-0.2, 0) is 15.1 Å². The lowest BCUT2D eigenvalue weighted by Crippen LogP contribution is -2.44. The lowest BCUT2D eigenvalue weighted by molar-refractivity contribution is 0.00578. The maximum atomic E-state index is 14.2. The zero-order valence-electron chi connectivity index (χ0n) is 15.3. The van der Waals surface area contributed by atoms with Crippen molar-refractivity contribution in [2.45, 2.75) is 44.7 Å². The third-order valence-electron chi connectivity index (χ3n) is 4.81. The summed E-state index contributed by atoms with van der Waals surface area (Å²) in [6.45, 7) is 7.66. The van der Waals surface area contributed by atoms with Crippen LogP contribution < -0.4 is 15.8 Å². The first-order valence-electron chi connectivity index (χ1n) is 7.82. The van der Waals surface area contributed by atoms with E-state index in [9.17, 15) is 8.78 Å². The molecule has 1 heterocycles. The molecule has 124 valence electrons. The van der Waals surface area contributed by atoms with Crippen LogP contribution in [0.1, 0.15) is 33.3 Å². The second-order valence-electron chi connectivity index (χ2n) is 7.60. The number of benzene rings is 1. The molecule has 0 spiro atoms. The summed E-state index contributed by atoms with van der Waals surface area (Å²) in [4.78, 5) is 1.89. The molecular formula is C15H24B3F2NO2. The highest BCUT2D eigenvalue weighted by Crippen LogP contribution is 2.37. The van der Waals surface area contributed by atoms with E-state index in [1.165, 1.54) is 0 Å². The molecule has 1 saturated heterocycles. The van der Waals surface area contributed by atoms with Crippen LogP contribution >= 0.6 is 0 Å². The molecule has 0 bridgehead atoms. The predicted molar refractivity (Wildman–Crippen MR) is 97.1 cm³/mol. The topological polar surface area (TPSA) is 21.7 Å². The standard InChI is InChI=1S/C15H24B3F2NO2/c1-13(2)14(3,4)23-18(22-13)11-8-9(21(5)6)7-10(16)12(11)15(17,19)20/h7-8H,16-17H2,1-6H3. The van der Waals surface area contributed by atoms with Gasteiger partial charge < -0.3 is 14.2 Å². The Labute approximate surface area is 139 Å². The highest BCUT2D eigenvalue weighted by atomic mass is 19.3. The minimum atomic E-state index is -2.96. The fourth-order valence-corrected chi connectivity index (χ4v) is 2.81. The Kier molecular flexibility index (Phi) is 4.40. The fraction of sp³-hybridized carbons (Fsp3) is 0.600. The molecule has 0 aromatic heterocycles. The van der Waals surface area contributed by atoms with Gasteiger partial charge in [-0.3, -0.25) is 0 Å². The van der Waals surface area contributed by atoms with Gasteiger partial charge in [-0.1, -0.05) is 5.46 Å². The number of halogens is 2. The van der Waals surface area contributed by atoms with Crippen LogP contribution in [0.4, 0.5) is 14.5 Å². The van der Waals surface area contributed by atoms with Crippen LogP contribution in [0.5, 0.6) is 0 Å². The Bertz CT molecular complexity index is 599. The highest BCUT2D eigenvalue weighted by Gasteiger charge is 2.53. The quantitative estimate of drug-likeness (QED) is 0.732. The van der Waals surface area contributed by atoms with Gasteiger partial charge in [0.2, 0.25) is 5.82 Å². The number of alkyl halides is 2. The normalized spacial score (nSPS) is 19.9. The fourth-order valence-electron chi connectivity index (χ4n) is 2.81. The summed E-state index contributed by atoms with van der Waals surface area (Å²) in [7, 11) is 5.58. The maximum Gasteiger partial charge on any atom is 0.495 e. The van der Waals surface area contributed by atoms with Crippen molar-refractivity contribution in [2.75, 3.05) is 19.0 Å². The molecule has 0 aliphatic carbocycles. The van der Waals surface area contributed by atoms with E-state index in [4.69, 9.17) is 9.31 Å². The zero-order valence-corrected chi connectivity index (χ0v) is 15.3. The van der Waals surface area contributed by atoms with Crippen LogP contribution in [0.2, 0.25) is 0 Å². The van der Waals surface area contributed by atoms with Gasteiger partial charge in [-0.05, 0) is 45.3 Å². The van der Waals surface area contributed by atoms with E-state index in [1.807, 2.05) is 46.7 Å². The summed E-state index contributed by atoms with van der Waals surface area (Å²) < 4.78 is 40.4. The summed E-state index contributed by atoms with van der Waals surface area (Å²) in [6.07, 6.45) is 0. The van der Waals surface area contributed by atoms with Crippen molar-refractivity contribution in [3.05, 3.63) is 17.7 Å². The van der Waals surface area contributed by atoms with Gasteiger partial charge in [-0.2, -0.15) is 0 Å². The Morgan fingerprint density at radius 3 is 1.96 bits per heavy atom. The second-order valence-corrected chi connectivity index (χ2v) is 7.60. The molecule has 3 nitrogen and oxygen atoms in total. The van der Waals surface area contributed by atoms with Crippen LogP contribution in [0.25, 0.3) is 0 Å². The highest BCUT2D eigenvalue weighted by molar-refractivity contribution is 6.64. The lowest BCUT2D eigenvalue weighted by Gasteiger charge is -2.32. The summed E-state index contributed by atoms with van der Waals surface area (Å²) in [5, 5.41) is 0. The van der Waals surface area contributed by atoms with Gasteiger partial charge in [-0.25, -0.2) is 8.78 Å². The van der Waals surface area contributed by atoms with Crippen LogP contribution in [0.15, 0.2) is 12.1 Å². The number of rotatable bonds is 3. The summed E-state index contributed by atoms with van der Waals surface area (Å²) >= 11 is 0. The third-order valence-corrected chi connectivity index (χ3v) is 4.81. The third kappa shape index (κ3) is 3.29. The molecule has 1 aromatic rings. The number of hydrogen-bond acceptors (Lipinski definition) is 3. The average Bonchev–Trinajstić information content (AvgIpc) is 2.55. The van der Waals surface area contributed by atoms with Crippen LogP contribution in [0, 0.1) is 0 Å². The second kappa shape index (κ2) is 5.52.